The first-order chi connectivity index (χ1) is 15.2. The molecule has 0 spiro atoms. The van der Waals surface area contributed by atoms with Crippen LogP contribution in [0.4, 0.5) is 0 Å². The average molecular weight is 416 g/mol. The minimum Gasteiger partial charge on any atom is -0.197 e. The molecule has 0 aromatic heterocycles. The summed E-state index contributed by atoms with van der Waals surface area (Å²) in [5, 5.41) is 10.1. The predicted octanol–water partition coefficient (Wildman–Crippen LogP) is 9.01. The fraction of sp³-hybridized carbons (Fsp3) is 0.567. The number of nitrogens with zero attached hydrogens (tertiary/aromatic N) is 1. The fourth-order valence-corrected chi connectivity index (χ4v) is 5.19. The van der Waals surface area contributed by atoms with Crippen LogP contribution in [0.25, 0.3) is 11.1 Å². The molecule has 0 unspecified atom stereocenters. The highest BCUT2D eigenvalue weighted by molar-refractivity contribution is 5.64. The third-order valence-corrected chi connectivity index (χ3v) is 7.43. The van der Waals surface area contributed by atoms with Crippen LogP contribution in [-0.4, -0.2) is 0 Å². The molecule has 1 aliphatic rings. The minimum absolute atomic E-state index is 0.277. The van der Waals surface area contributed by atoms with Gasteiger partial charge in [-0.1, -0.05) is 107 Å². The molecular formula is C30H41N. The molecule has 0 heterocycles. The Hall–Kier alpha value is -2.07. The zero-order valence-electron chi connectivity index (χ0n) is 19.8. The van der Waals surface area contributed by atoms with Gasteiger partial charge in [-0.15, -0.1) is 0 Å². The maximum Gasteiger partial charge on any atom is 0.0822 e. The van der Waals surface area contributed by atoms with E-state index in [-0.39, 0.29) is 5.41 Å². The van der Waals surface area contributed by atoms with Gasteiger partial charge in [-0.2, -0.15) is 5.26 Å². The van der Waals surface area contributed by atoms with E-state index in [1.165, 1.54) is 92.9 Å². The Kier molecular flexibility index (Phi) is 9.20. The first-order valence-electron chi connectivity index (χ1n) is 12.8. The Morgan fingerprint density at radius 3 is 1.94 bits per heavy atom. The molecule has 31 heavy (non-hydrogen) atoms. The van der Waals surface area contributed by atoms with E-state index in [4.69, 9.17) is 0 Å². The molecule has 0 radical (unpaired) electrons. The van der Waals surface area contributed by atoms with E-state index < -0.39 is 0 Å². The van der Waals surface area contributed by atoms with Crippen molar-refractivity contribution in [2.24, 2.45) is 5.92 Å². The van der Waals surface area contributed by atoms with Gasteiger partial charge in [0.05, 0.1) is 11.5 Å². The summed E-state index contributed by atoms with van der Waals surface area (Å²) >= 11 is 0. The summed E-state index contributed by atoms with van der Waals surface area (Å²) in [5.74, 6) is 0.827. The molecule has 166 valence electrons. The number of nitriles is 1. The Morgan fingerprint density at radius 2 is 1.35 bits per heavy atom. The molecule has 0 aliphatic heterocycles. The van der Waals surface area contributed by atoms with Crippen molar-refractivity contribution >= 4 is 0 Å². The van der Waals surface area contributed by atoms with Gasteiger partial charge in [0.2, 0.25) is 0 Å². The van der Waals surface area contributed by atoms with Gasteiger partial charge in [0.1, 0.15) is 0 Å². The van der Waals surface area contributed by atoms with Crippen LogP contribution in [-0.2, 0) is 11.8 Å². The Labute approximate surface area is 190 Å². The SMILES string of the molecule is CCCCCCCC1CCC(C#N)(c2ccc(-c3ccc(CCCC)cc3)cc2)CC1. The van der Waals surface area contributed by atoms with E-state index >= 15 is 0 Å². The van der Waals surface area contributed by atoms with E-state index in [0.717, 1.165) is 18.8 Å². The predicted molar refractivity (Wildman–Crippen MR) is 133 cm³/mol. The molecule has 1 fully saturated rings. The third-order valence-electron chi connectivity index (χ3n) is 7.43. The molecule has 0 atom stereocenters. The van der Waals surface area contributed by atoms with Gasteiger partial charge >= 0.3 is 0 Å². The lowest BCUT2D eigenvalue weighted by molar-refractivity contribution is 0.261. The quantitative estimate of drug-likeness (QED) is 0.336. The molecule has 3 rings (SSSR count). The standard InChI is InChI=1S/C30H41N/c1-3-5-7-8-9-11-26-20-22-30(24-31,23-21-26)29-18-16-28(17-19-29)27-14-12-25(13-15-27)10-6-4-2/h12-19,26H,3-11,20-23H2,1-2H3. The summed E-state index contributed by atoms with van der Waals surface area (Å²) in [6.07, 6.45) is 16.3. The highest BCUT2D eigenvalue weighted by Crippen LogP contribution is 2.43. The summed E-state index contributed by atoms with van der Waals surface area (Å²) in [6, 6.07) is 20.6. The van der Waals surface area contributed by atoms with Crippen LogP contribution >= 0.6 is 0 Å². The number of aryl methyl sites for hydroxylation is 1. The lowest BCUT2D eigenvalue weighted by Gasteiger charge is -2.35. The first kappa shape index (κ1) is 23.6. The molecule has 0 amide bonds. The van der Waals surface area contributed by atoms with Crippen molar-refractivity contribution in [3.8, 4) is 17.2 Å². The van der Waals surface area contributed by atoms with E-state index in [2.05, 4.69) is 68.4 Å². The molecule has 2 aromatic carbocycles. The number of benzene rings is 2. The van der Waals surface area contributed by atoms with Crippen LogP contribution in [0, 0.1) is 17.2 Å². The van der Waals surface area contributed by atoms with Crippen LogP contribution in [0.3, 0.4) is 0 Å². The monoisotopic (exact) mass is 415 g/mol. The summed E-state index contributed by atoms with van der Waals surface area (Å²) in [5.41, 5.74) is 4.89. The van der Waals surface area contributed by atoms with Gasteiger partial charge in [-0.05, 0) is 66.7 Å². The molecule has 1 saturated carbocycles. The molecule has 2 aromatic rings. The average Bonchev–Trinajstić information content (AvgIpc) is 2.83. The van der Waals surface area contributed by atoms with E-state index in [1.807, 2.05) is 0 Å². The molecule has 1 heteroatoms. The Balaban J connectivity index is 1.57. The van der Waals surface area contributed by atoms with Gasteiger partial charge in [0.25, 0.3) is 0 Å². The summed E-state index contributed by atoms with van der Waals surface area (Å²) in [4.78, 5) is 0. The third kappa shape index (κ3) is 6.46. The van der Waals surface area contributed by atoms with Gasteiger partial charge < -0.3 is 0 Å². The molecule has 0 bridgehead atoms. The van der Waals surface area contributed by atoms with Gasteiger partial charge in [-0.25, -0.2) is 0 Å². The van der Waals surface area contributed by atoms with Crippen molar-refractivity contribution in [2.75, 3.05) is 0 Å². The second-order valence-corrected chi connectivity index (χ2v) is 9.72. The van der Waals surface area contributed by atoms with Crippen LogP contribution in [0.2, 0.25) is 0 Å². The van der Waals surface area contributed by atoms with Crippen LogP contribution in [0.1, 0.15) is 102 Å². The smallest absolute Gasteiger partial charge is 0.0822 e. The summed E-state index contributed by atoms with van der Waals surface area (Å²) < 4.78 is 0. The lowest BCUT2D eigenvalue weighted by atomic mass is 9.66. The molecular weight excluding hydrogens is 374 g/mol. The van der Waals surface area contributed by atoms with Crippen molar-refractivity contribution < 1.29 is 0 Å². The molecule has 1 aliphatic carbocycles. The van der Waals surface area contributed by atoms with E-state index in [0.29, 0.717) is 0 Å². The molecule has 0 N–H and O–H groups in total. The Morgan fingerprint density at radius 1 is 0.774 bits per heavy atom. The van der Waals surface area contributed by atoms with Crippen molar-refractivity contribution in [3.63, 3.8) is 0 Å². The maximum atomic E-state index is 10.1. The fourth-order valence-electron chi connectivity index (χ4n) is 5.19. The van der Waals surface area contributed by atoms with Crippen molar-refractivity contribution in [2.45, 2.75) is 103 Å². The molecule has 1 nitrogen and oxygen atoms in total. The number of hydrogen-bond acceptors (Lipinski definition) is 1. The van der Waals surface area contributed by atoms with Crippen molar-refractivity contribution in [1.29, 1.82) is 5.26 Å². The Bertz CT molecular complexity index is 801. The van der Waals surface area contributed by atoms with Crippen LogP contribution in [0.15, 0.2) is 48.5 Å². The summed E-state index contributed by atoms with van der Waals surface area (Å²) in [7, 11) is 0. The van der Waals surface area contributed by atoms with E-state index in [9.17, 15) is 5.26 Å². The number of rotatable bonds is 11. The highest BCUT2D eigenvalue weighted by atomic mass is 14.4. The topological polar surface area (TPSA) is 23.8 Å². The second kappa shape index (κ2) is 12.1. The zero-order chi connectivity index (χ0) is 21.9. The van der Waals surface area contributed by atoms with E-state index in [1.54, 1.807) is 0 Å². The lowest BCUT2D eigenvalue weighted by Crippen LogP contribution is -2.30. The van der Waals surface area contributed by atoms with Gasteiger partial charge in [0.15, 0.2) is 0 Å². The zero-order valence-corrected chi connectivity index (χ0v) is 19.8. The van der Waals surface area contributed by atoms with Crippen molar-refractivity contribution in [1.82, 2.24) is 0 Å². The number of unbranched alkanes of at least 4 members (excludes halogenated alkanes) is 5. The largest absolute Gasteiger partial charge is 0.197 e. The van der Waals surface area contributed by atoms with Gasteiger partial charge in [-0.3, -0.25) is 0 Å². The highest BCUT2D eigenvalue weighted by Gasteiger charge is 2.36. The second-order valence-electron chi connectivity index (χ2n) is 9.72. The van der Waals surface area contributed by atoms with Crippen molar-refractivity contribution in [3.05, 3.63) is 59.7 Å². The maximum absolute atomic E-state index is 10.1. The first-order valence-corrected chi connectivity index (χ1v) is 12.8. The number of hydrogen-bond donors (Lipinski definition) is 0. The van der Waals surface area contributed by atoms with Crippen LogP contribution in [0.5, 0.6) is 0 Å². The normalized spacial score (nSPS) is 21.0. The van der Waals surface area contributed by atoms with Gasteiger partial charge in [0, 0.05) is 0 Å². The minimum atomic E-state index is -0.277. The molecule has 0 saturated heterocycles. The van der Waals surface area contributed by atoms with Crippen LogP contribution < -0.4 is 0 Å². The summed E-state index contributed by atoms with van der Waals surface area (Å²) in [6.45, 7) is 4.52.